The summed E-state index contributed by atoms with van der Waals surface area (Å²) in [5.41, 5.74) is 1.53. The SMILES string of the molecule is COCCC(C)(C)Cn1cncc1CNC1CC1. The molecule has 0 amide bonds. The minimum atomic E-state index is 0.241. The number of hydrogen-bond acceptors (Lipinski definition) is 3. The fraction of sp³-hybridized carbons (Fsp3) is 0.786. The maximum atomic E-state index is 5.18. The summed E-state index contributed by atoms with van der Waals surface area (Å²) in [5.74, 6) is 0. The molecule has 102 valence electrons. The Morgan fingerprint density at radius 3 is 2.94 bits per heavy atom. The van der Waals surface area contributed by atoms with Gasteiger partial charge < -0.3 is 14.6 Å². The Morgan fingerprint density at radius 1 is 1.50 bits per heavy atom. The second-order valence-corrected chi connectivity index (χ2v) is 6.08. The topological polar surface area (TPSA) is 39.1 Å². The minimum absolute atomic E-state index is 0.241. The minimum Gasteiger partial charge on any atom is -0.385 e. The van der Waals surface area contributed by atoms with E-state index in [0.29, 0.717) is 0 Å². The molecule has 4 heteroatoms. The van der Waals surface area contributed by atoms with E-state index >= 15 is 0 Å². The molecule has 0 unspecified atom stereocenters. The van der Waals surface area contributed by atoms with Crippen LogP contribution in [-0.4, -0.2) is 29.3 Å². The van der Waals surface area contributed by atoms with Crippen molar-refractivity contribution in [3.63, 3.8) is 0 Å². The molecule has 0 aliphatic heterocycles. The average Bonchev–Trinajstić information content (AvgIpc) is 3.06. The fourth-order valence-electron chi connectivity index (χ4n) is 2.09. The quantitative estimate of drug-likeness (QED) is 0.770. The third-order valence-electron chi connectivity index (χ3n) is 3.53. The summed E-state index contributed by atoms with van der Waals surface area (Å²) >= 11 is 0. The van der Waals surface area contributed by atoms with E-state index < -0.39 is 0 Å². The van der Waals surface area contributed by atoms with Gasteiger partial charge in [0.05, 0.1) is 12.0 Å². The van der Waals surface area contributed by atoms with Gasteiger partial charge in [0.2, 0.25) is 0 Å². The molecule has 1 fully saturated rings. The second-order valence-electron chi connectivity index (χ2n) is 6.08. The van der Waals surface area contributed by atoms with E-state index in [0.717, 1.165) is 32.2 Å². The van der Waals surface area contributed by atoms with Crippen LogP contribution in [0.1, 0.15) is 38.8 Å². The molecular weight excluding hydrogens is 226 g/mol. The van der Waals surface area contributed by atoms with Crippen molar-refractivity contribution in [1.82, 2.24) is 14.9 Å². The van der Waals surface area contributed by atoms with Gasteiger partial charge in [-0.05, 0) is 24.7 Å². The monoisotopic (exact) mass is 251 g/mol. The van der Waals surface area contributed by atoms with Crippen LogP contribution in [0, 0.1) is 5.41 Å². The van der Waals surface area contributed by atoms with Crippen LogP contribution >= 0.6 is 0 Å². The first-order valence-corrected chi connectivity index (χ1v) is 6.82. The smallest absolute Gasteiger partial charge is 0.0948 e. The summed E-state index contributed by atoms with van der Waals surface area (Å²) in [6.07, 6.45) is 7.64. The van der Waals surface area contributed by atoms with E-state index in [2.05, 4.69) is 28.7 Å². The first-order valence-electron chi connectivity index (χ1n) is 6.82. The molecule has 0 radical (unpaired) electrons. The van der Waals surface area contributed by atoms with Gasteiger partial charge in [-0.3, -0.25) is 0 Å². The predicted octanol–water partition coefficient (Wildman–Crippen LogP) is 2.20. The van der Waals surface area contributed by atoms with Gasteiger partial charge in [-0.2, -0.15) is 0 Å². The highest BCUT2D eigenvalue weighted by molar-refractivity contribution is 5.00. The first-order chi connectivity index (χ1) is 8.61. The van der Waals surface area contributed by atoms with Crippen molar-refractivity contribution in [3.8, 4) is 0 Å². The summed E-state index contributed by atoms with van der Waals surface area (Å²) in [7, 11) is 1.76. The third-order valence-corrected chi connectivity index (χ3v) is 3.53. The van der Waals surface area contributed by atoms with Crippen LogP contribution in [0.3, 0.4) is 0 Å². The highest BCUT2D eigenvalue weighted by Crippen LogP contribution is 2.24. The molecule has 1 aromatic heterocycles. The standard InChI is InChI=1S/C14H25N3O/c1-14(2,6-7-18-3)10-17-11-15-8-13(17)9-16-12-4-5-12/h8,11-12,16H,4-7,9-10H2,1-3H3. The van der Waals surface area contributed by atoms with Crippen molar-refractivity contribution in [3.05, 3.63) is 18.2 Å². The molecule has 2 rings (SSSR count). The summed E-state index contributed by atoms with van der Waals surface area (Å²) in [4.78, 5) is 4.28. The Bertz CT molecular complexity index is 369. The van der Waals surface area contributed by atoms with E-state index in [1.165, 1.54) is 18.5 Å². The number of aromatic nitrogens is 2. The van der Waals surface area contributed by atoms with Crippen molar-refractivity contribution < 1.29 is 4.74 Å². The lowest BCUT2D eigenvalue weighted by Gasteiger charge is -2.25. The van der Waals surface area contributed by atoms with Crippen molar-refractivity contribution in [2.75, 3.05) is 13.7 Å². The Labute approximate surface area is 110 Å². The molecule has 0 spiro atoms. The van der Waals surface area contributed by atoms with Gasteiger partial charge in [0, 0.05) is 39.0 Å². The lowest BCUT2D eigenvalue weighted by molar-refractivity contribution is 0.142. The third kappa shape index (κ3) is 4.10. The van der Waals surface area contributed by atoms with Gasteiger partial charge in [-0.15, -0.1) is 0 Å². The largest absolute Gasteiger partial charge is 0.385 e. The van der Waals surface area contributed by atoms with Crippen LogP contribution in [0.15, 0.2) is 12.5 Å². The molecule has 4 nitrogen and oxygen atoms in total. The molecule has 1 N–H and O–H groups in total. The number of imidazole rings is 1. The number of nitrogens with zero attached hydrogens (tertiary/aromatic N) is 2. The maximum Gasteiger partial charge on any atom is 0.0948 e. The Hall–Kier alpha value is -0.870. The molecule has 1 heterocycles. The summed E-state index contributed by atoms with van der Waals surface area (Å²) < 4.78 is 7.45. The summed E-state index contributed by atoms with van der Waals surface area (Å²) in [5, 5.41) is 3.54. The summed E-state index contributed by atoms with van der Waals surface area (Å²) in [6.45, 7) is 7.31. The average molecular weight is 251 g/mol. The highest BCUT2D eigenvalue weighted by atomic mass is 16.5. The van der Waals surface area contributed by atoms with Gasteiger partial charge in [0.15, 0.2) is 0 Å². The molecule has 1 aliphatic rings. The predicted molar refractivity (Wildman–Crippen MR) is 72.4 cm³/mol. The van der Waals surface area contributed by atoms with Crippen molar-refractivity contribution >= 4 is 0 Å². The van der Waals surface area contributed by atoms with Crippen molar-refractivity contribution in [2.24, 2.45) is 5.41 Å². The van der Waals surface area contributed by atoms with Gasteiger partial charge in [-0.1, -0.05) is 13.8 Å². The Kier molecular flexibility index (Phi) is 4.40. The van der Waals surface area contributed by atoms with Crippen molar-refractivity contribution in [2.45, 2.75) is 52.2 Å². The molecule has 0 atom stereocenters. The first kappa shape index (κ1) is 13.6. The highest BCUT2D eigenvalue weighted by Gasteiger charge is 2.22. The van der Waals surface area contributed by atoms with E-state index in [4.69, 9.17) is 4.74 Å². The van der Waals surface area contributed by atoms with Crippen LogP contribution in [-0.2, 0) is 17.8 Å². The van der Waals surface area contributed by atoms with Gasteiger partial charge in [-0.25, -0.2) is 4.98 Å². The molecule has 0 aromatic carbocycles. The van der Waals surface area contributed by atoms with Crippen LogP contribution in [0.5, 0.6) is 0 Å². The number of rotatable bonds is 8. The number of hydrogen-bond donors (Lipinski definition) is 1. The van der Waals surface area contributed by atoms with Crippen LogP contribution in [0.2, 0.25) is 0 Å². The molecule has 18 heavy (non-hydrogen) atoms. The zero-order valence-electron chi connectivity index (χ0n) is 11.8. The Morgan fingerprint density at radius 2 is 2.28 bits per heavy atom. The fourth-order valence-corrected chi connectivity index (χ4v) is 2.09. The molecule has 1 saturated carbocycles. The van der Waals surface area contributed by atoms with E-state index in [1.807, 2.05) is 12.5 Å². The normalized spacial score (nSPS) is 16.2. The van der Waals surface area contributed by atoms with E-state index in [-0.39, 0.29) is 5.41 Å². The summed E-state index contributed by atoms with van der Waals surface area (Å²) in [6, 6.07) is 0.745. The van der Waals surface area contributed by atoms with E-state index in [9.17, 15) is 0 Å². The van der Waals surface area contributed by atoms with Crippen LogP contribution in [0.4, 0.5) is 0 Å². The molecule has 0 saturated heterocycles. The molecular formula is C14H25N3O. The van der Waals surface area contributed by atoms with E-state index in [1.54, 1.807) is 7.11 Å². The number of nitrogens with one attached hydrogen (secondary N) is 1. The van der Waals surface area contributed by atoms with Crippen LogP contribution < -0.4 is 5.32 Å². The number of ether oxygens (including phenoxy) is 1. The maximum absolute atomic E-state index is 5.18. The lowest BCUT2D eigenvalue weighted by atomic mass is 9.89. The Balaban J connectivity index is 1.88. The van der Waals surface area contributed by atoms with Gasteiger partial charge in [0.1, 0.15) is 0 Å². The molecule has 0 bridgehead atoms. The van der Waals surface area contributed by atoms with Gasteiger partial charge >= 0.3 is 0 Å². The number of methoxy groups -OCH3 is 1. The van der Waals surface area contributed by atoms with Crippen molar-refractivity contribution in [1.29, 1.82) is 0 Å². The second kappa shape index (κ2) is 5.85. The zero-order chi connectivity index (χ0) is 13.0. The lowest BCUT2D eigenvalue weighted by Crippen LogP contribution is -2.24. The molecule has 1 aliphatic carbocycles. The zero-order valence-corrected chi connectivity index (χ0v) is 11.8. The van der Waals surface area contributed by atoms with Gasteiger partial charge in [0.25, 0.3) is 0 Å². The molecule has 1 aromatic rings. The van der Waals surface area contributed by atoms with Crippen LogP contribution in [0.25, 0.3) is 0 Å².